The number of pyridine rings is 1. The van der Waals surface area contributed by atoms with Crippen LogP contribution in [0.2, 0.25) is 0 Å². The van der Waals surface area contributed by atoms with Crippen molar-refractivity contribution < 1.29 is 14.3 Å². The van der Waals surface area contributed by atoms with Crippen molar-refractivity contribution in [3.05, 3.63) is 52.4 Å². The number of piperidine rings is 2. The topological polar surface area (TPSA) is 95.9 Å². The van der Waals surface area contributed by atoms with E-state index < -0.39 is 0 Å². The second-order valence-electron chi connectivity index (χ2n) is 9.85. The predicted octanol–water partition coefficient (Wildman–Crippen LogP) is 2.93. The second-order valence-corrected chi connectivity index (χ2v) is 9.85. The van der Waals surface area contributed by atoms with Gasteiger partial charge in [0.25, 0.3) is 5.56 Å². The van der Waals surface area contributed by atoms with Crippen LogP contribution in [0, 0.1) is 5.92 Å². The molecule has 3 aliphatic heterocycles. The molecule has 9 heteroatoms. The first-order valence-electron chi connectivity index (χ1n) is 12.4. The van der Waals surface area contributed by atoms with Crippen molar-refractivity contribution in [1.82, 2.24) is 14.4 Å². The van der Waals surface area contributed by atoms with E-state index >= 15 is 0 Å². The number of hydrogen-bond donors (Lipinski definition) is 2. The molecule has 1 aromatic carbocycles. The highest BCUT2D eigenvalue weighted by Gasteiger charge is 2.39. The van der Waals surface area contributed by atoms with Crippen molar-refractivity contribution in [1.29, 1.82) is 0 Å². The third-order valence-corrected chi connectivity index (χ3v) is 7.65. The summed E-state index contributed by atoms with van der Waals surface area (Å²) in [5.41, 5.74) is 2.15. The van der Waals surface area contributed by atoms with E-state index in [1.165, 1.54) is 0 Å². The van der Waals surface area contributed by atoms with Gasteiger partial charge in [0.15, 0.2) is 0 Å². The number of nitrogens with zero attached hydrogens (tertiary/aromatic N) is 3. The van der Waals surface area contributed by atoms with Crippen LogP contribution in [0.5, 0.6) is 5.75 Å². The number of ether oxygens (including phenoxy) is 1. The lowest BCUT2D eigenvalue weighted by molar-refractivity contribution is -0.130. The van der Waals surface area contributed by atoms with Gasteiger partial charge in [0.1, 0.15) is 5.75 Å². The summed E-state index contributed by atoms with van der Waals surface area (Å²) in [6, 6.07) is 10.6. The van der Waals surface area contributed by atoms with Gasteiger partial charge in [-0.15, -0.1) is 0 Å². The number of rotatable bonds is 4. The van der Waals surface area contributed by atoms with Crippen molar-refractivity contribution in [3.63, 3.8) is 0 Å². The van der Waals surface area contributed by atoms with Crippen LogP contribution in [0.1, 0.15) is 37.8 Å². The summed E-state index contributed by atoms with van der Waals surface area (Å²) in [4.78, 5) is 41.8. The number of methoxy groups -OCH3 is 1. The molecular weight excluding hydrogens is 446 g/mol. The minimum absolute atomic E-state index is 0.0198. The molecule has 2 bridgehead atoms. The second kappa shape index (κ2) is 9.73. The highest BCUT2D eigenvalue weighted by molar-refractivity contribution is 6.01. The number of urea groups is 1. The Morgan fingerprint density at radius 3 is 2.46 bits per heavy atom. The van der Waals surface area contributed by atoms with Gasteiger partial charge in [-0.2, -0.15) is 0 Å². The van der Waals surface area contributed by atoms with Crippen LogP contribution < -0.4 is 20.9 Å². The van der Waals surface area contributed by atoms with Crippen molar-refractivity contribution in [2.24, 2.45) is 5.92 Å². The Bertz CT molecular complexity index is 1170. The van der Waals surface area contributed by atoms with Gasteiger partial charge in [0, 0.05) is 63.4 Å². The Kier molecular flexibility index (Phi) is 6.51. The van der Waals surface area contributed by atoms with Crippen molar-refractivity contribution in [2.75, 3.05) is 43.9 Å². The van der Waals surface area contributed by atoms with E-state index in [0.717, 1.165) is 51.1 Å². The van der Waals surface area contributed by atoms with E-state index in [4.69, 9.17) is 4.74 Å². The molecule has 9 nitrogen and oxygen atoms in total. The molecule has 1 aromatic heterocycles. The number of amides is 3. The van der Waals surface area contributed by atoms with Gasteiger partial charge in [-0.1, -0.05) is 12.1 Å². The number of hydrogen-bond acceptors (Lipinski definition) is 5. The summed E-state index contributed by atoms with van der Waals surface area (Å²) >= 11 is 0. The monoisotopic (exact) mass is 479 g/mol. The lowest BCUT2D eigenvalue weighted by Gasteiger charge is -2.47. The number of benzene rings is 1. The molecule has 0 radical (unpaired) electrons. The molecule has 35 heavy (non-hydrogen) atoms. The van der Waals surface area contributed by atoms with Crippen LogP contribution in [-0.2, 0) is 11.3 Å². The molecular formula is C26H33N5O4. The van der Waals surface area contributed by atoms with E-state index in [1.54, 1.807) is 38.3 Å². The summed E-state index contributed by atoms with van der Waals surface area (Å²) in [6.07, 6.45) is 2.97. The number of carbonyl (C=O) groups is 2. The average molecular weight is 480 g/mol. The third-order valence-electron chi connectivity index (χ3n) is 7.65. The number of para-hydroxylation sites is 2. The van der Waals surface area contributed by atoms with Gasteiger partial charge in [0.2, 0.25) is 5.91 Å². The van der Waals surface area contributed by atoms with Gasteiger partial charge in [-0.05, 0) is 43.4 Å². The summed E-state index contributed by atoms with van der Waals surface area (Å²) in [6.45, 7) is 5.73. The minimum atomic E-state index is -0.373. The summed E-state index contributed by atoms with van der Waals surface area (Å²) in [5.74, 6) is 1.30. The van der Waals surface area contributed by atoms with Gasteiger partial charge in [-0.3, -0.25) is 14.5 Å². The molecule has 3 aliphatic rings. The van der Waals surface area contributed by atoms with Gasteiger partial charge < -0.3 is 24.8 Å². The van der Waals surface area contributed by atoms with E-state index in [0.29, 0.717) is 35.6 Å². The fourth-order valence-electron chi connectivity index (χ4n) is 6.03. The first-order valence-corrected chi connectivity index (χ1v) is 12.4. The largest absolute Gasteiger partial charge is 0.495 e. The van der Waals surface area contributed by atoms with Crippen LogP contribution in [0.15, 0.2) is 41.2 Å². The van der Waals surface area contributed by atoms with E-state index in [2.05, 4.69) is 15.5 Å². The molecule has 186 valence electrons. The van der Waals surface area contributed by atoms with Gasteiger partial charge in [-0.25, -0.2) is 4.79 Å². The first-order chi connectivity index (χ1) is 16.9. The Labute approximate surface area is 205 Å². The zero-order chi connectivity index (χ0) is 24.5. The van der Waals surface area contributed by atoms with Crippen LogP contribution in [0.25, 0.3) is 0 Å². The molecule has 4 heterocycles. The molecule has 0 saturated carbocycles. The van der Waals surface area contributed by atoms with Crippen LogP contribution in [0.3, 0.4) is 0 Å². The standard InChI is InChI=1S/C26H33N5O4/c1-17(32)29-11-9-20(10-12-29)30-14-18-13-19(16-30)25-22(7-8-24(33)31(25)15-18)28-26(34)27-21-5-3-4-6-23(21)35-2/h3-8,18-20H,9-16H2,1-2H3,(H2,27,28,34). The van der Waals surface area contributed by atoms with Gasteiger partial charge >= 0.3 is 6.03 Å². The molecule has 2 unspecified atom stereocenters. The fourth-order valence-corrected chi connectivity index (χ4v) is 6.03. The summed E-state index contributed by atoms with van der Waals surface area (Å²) in [7, 11) is 1.56. The first kappa shape index (κ1) is 23.4. The maximum Gasteiger partial charge on any atom is 0.323 e. The fraction of sp³-hybridized carbons (Fsp3) is 0.500. The zero-order valence-electron chi connectivity index (χ0n) is 20.3. The molecule has 5 rings (SSSR count). The number of carbonyl (C=O) groups excluding carboxylic acids is 2. The molecule has 2 N–H and O–H groups in total. The molecule has 0 spiro atoms. The molecule has 0 aliphatic carbocycles. The molecule has 2 atom stereocenters. The maximum absolute atomic E-state index is 12.9. The van der Waals surface area contributed by atoms with Crippen molar-refractivity contribution in [2.45, 2.75) is 44.7 Å². The summed E-state index contributed by atoms with van der Waals surface area (Å²) < 4.78 is 7.18. The average Bonchev–Trinajstić information content (AvgIpc) is 2.86. The Hall–Kier alpha value is -3.33. The number of aromatic nitrogens is 1. The Morgan fingerprint density at radius 1 is 0.971 bits per heavy atom. The highest BCUT2D eigenvalue weighted by Crippen LogP contribution is 2.40. The molecule has 2 aromatic rings. The van der Waals surface area contributed by atoms with Crippen LogP contribution in [0.4, 0.5) is 16.2 Å². The van der Waals surface area contributed by atoms with Crippen molar-refractivity contribution in [3.8, 4) is 5.75 Å². The Morgan fingerprint density at radius 2 is 1.71 bits per heavy atom. The van der Waals surface area contributed by atoms with E-state index in [1.807, 2.05) is 21.6 Å². The summed E-state index contributed by atoms with van der Waals surface area (Å²) in [5, 5.41) is 5.84. The van der Waals surface area contributed by atoms with E-state index in [9.17, 15) is 14.4 Å². The normalized spacial score (nSPS) is 22.3. The van der Waals surface area contributed by atoms with Gasteiger partial charge in [0.05, 0.1) is 18.5 Å². The lowest BCUT2D eigenvalue weighted by atomic mass is 9.81. The number of nitrogens with one attached hydrogen (secondary N) is 2. The molecule has 3 amide bonds. The predicted molar refractivity (Wildman–Crippen MR) is 134 cm³/mol. The lowest BCUT2D eigenvalue weighted by Crippen LogP contribution is -2.53. The third kappa shape index (κ3) is 4.77. The SMILES string of the molecule is COc1ccccc1NC(=O)Nc1ccc(=O)n2c1C1CC(CN(C3CCN(C(C)=O)CC3)C1)C2. The molecule has 2 saturated heterocycles. The smallest absolute Gasteiger partial charge is 0.323 e. The number of fused-ring (bicyclic) bond motifs is 4. The molecule has 2 fully saturated rings. The Balaban J connectivity index is 1.34. The van der Waals surface area contributed by atoms with Crippen molar-refractivity contribution >= 4 is 23.3 Å². The van der Waals surface area contributed by atoms with Crippen LogP contribution in [-0.4, -0.2) is 65.6 Å². The maximum atomic E-state index is 12.9. The zero-order valence-corrected chi connectivity index (χ0v) is 20.3. The van der Waals surface area contributed by atoms with Crippen LogP contribution >= 0.6 is 0 Å². The highest BCUT2D eigenvalue weighted by atomic mass is 16.5. The number of anilines is 2. The minimum Gasteiger partial charge on any atom is -0.495 e. The quantitative estimate of drug-likeness (QED) is 0.703. The van der Waals surface area contributed by atoms with E-state index in [-0.39, 0.29) is 23.4 Å². The number of likely N-dealkylation sites (tertiary alicyclic amines) is 2.